The van der Waals surface area contributed by atoms with Gasteiger partial charge < -0.3 is 25.2 Å². The maximum absolute atomic E-state index is 10.3. The molecule has 2 rings (SSSR count). The lowest BCUT2D eigenvalue weighted by Gasteiger charge is -2.18. The number of rotatable bonds is 8. The van der Waals surface area contributed by atoms with Crippen molar-refractivity contribution in [3.8, 4) is 11.3 Å². The summed E-state index contributed by atoms with van der Waals surface area (Å²) >= 11 is 17.9. The Balaban J connectivity index is 0.000000522. The minimum atomic E-state index is -2.74. The summed E-state index contributed by atoms with van der Waals surface area (Å²) in [6.45, 7) is 5.67. The number of carboxylic acids is 3. The Morgan fingerprint density at radius 2 is 1.42 bits per heavy atom. The second kappa shape index (κ2) is 15.4. The fourth-order valence-corrected chi connectivity index (χ4v) is 3.23. The fraction of sp³-hybridized carbons (Fsp3) is 0.333. The smallest absolute Gasteiger partial charge is 0.336 e. The lowest BCUT2D eigenvalue weighted by Crippen LogP contribution is -2.42. The molecule has 0 bridgehead atoms. The van der Waals surface area contributed by atoms with Gasteiger partial charge in [-0.25, -0.2) is 4.79 Å². The van der Waals surface area contributed by atoms with Crippen LogP contribution in [-0.4, -0.2) is 62.1 Å². The standard InChI is InChI=1S/C11H6Cl3N.C6H8O7.C4H10O/c12-7-5-8(13)11(9(14)6-7)10-3-1-2-4-15-10;7-3(8)1-6(13,5(11)12)2-4(9)10;1-3-5-4-2/h1-6H;13H,1-2H2,(H,7,8)(H,9,10)(H,11,12);3-4H2,1-2H3. The van der Waals surface area contributed by atoms with Crippen molar-refractivity contribution < 1.29 is 39.5 Å². The second-order valence-corrected chi connectivity index (χ2v) is 7.47. The summed E-state index contributed by atoms with van der Waals surface area (Å²) in [6, 6.07) is 8.86. The van der Waals surface area contributed by atoms with Gasteiger partial charge in [0.1, 0.15) is 0 Å². The lowest BCUT2D eigenvalue weighted by atomic mass is 9.96. The maximum atomic E-state index is 10.3. The number of carbonyl (C=O) groups is 3. The molecule has 0 amide bonds. The van der Waals surface area contributed by atoms with Crippen LogP contribution in [0.2, 0.25) is 15.1 Å². The number of nitrogens with zero attached hydrogens (tertiary/aromatic N) is 1. The highest BCUT2D eigenvalue weighted by Crippen LogP contribution is 2.35. The minimum Gasteiger partial charge on any atom is -0.481 e. The van der Waals surface area contributed by atoms with Crippen LogP contribution in [0.5, 0.6) is 0 Å². The van der Waals surface area contributed by atoms with Gasteiger partial charge >= 0.3 is 17.9 Å². The first kappa shape index (κ1) is 30.6. The number of hydrogen-bond donors (Lipinski definition) is 4. The van der Waals surface area contributed by atoms with Gasteiger partial charge in [-0.3, -0.25) is 14.6 Å². The van der Waals surface area contributed by atoms with Gasteiger partial charge in [0.2, 0.25) is 0 Å². The zero-order chi connectivity index (χ0) is 25.6. The number of pyridine rings is 1. The van der Waals surface area contributed by atoms with Crippen molar-refractivity contribution in [3.05, 3.63) is 51.6 Å². The van der Waals surface area contributed by atoms with E-state index in [2.05, 4.69) is 4.98 Å². The van der Waals surface area contributed by atoms with Crippen LogP contribution in [0.15, 0.2) is 36.5 Å². The average Bonchev–Trinajstić information content (AvgIpc) is 2.68. The van der Waals surface area contributed by atoms with Crippen LogP contribution in [0.3, 0.4) is 0 Å². The van der Waals surface area contributed by atoms with E-state index in [0.29, 0.717) is 20.6 Å². The molecule has 33 heavy (non-hydrogen) atoms. The summed E-state index contributed by atoms with van der Waals surface area (Å²) in [4.78, 5) is 34.7. The summed E-state index contributed by atoms with van der Waals surface area (Å²) < 4.78 is 4.83. The van der Waals surface area contributed by atoms with Crippen molar-refractivity contribution in [1.82, 2.24) is 4.98 Å². The predicted molar refractivity (Wildman–Crippen MR) is 124 cm³/mol. The predicted octanol–water partition coefficient (Wildman–Crippen LogP) is 4.50. The monoisotopic (exact) mass is 523 g/mol. The molecule has 9 nitrogen and oxygen atoms in total. The van der Waals surface area contributed by atoms with Crippen LogP contribution in [0.4, 0.5) is 0 Å². The average molecular weight is 525 g/mol. The lowest BCUT2D eigenvalue weighted by molar-refractivity contribution is -0.170. The Morgan fingerprint density at radius 1 is 0.939 bits per heavy atom. The molecule has 1 aromatic carbocycles. The highest BCUT2D eigenvalue weighted by Gasteiger charge is 2.40. The largest absolute Gasteiger partial charge is 0.481 e. The molecule has 4 N–H and O–H groups in total. The number of halogens is 3. The molecule has 0 saturated carbocycles. The molecule has 12 heteroatoms. The zero-order valence-corrected chi connectivity index (χ0v) is 20.1. The van der Waals surface area contributed by atoms with Crippen molar-refractivity contribution in [2.75, 3.05) is 13.2 Å². The molecule has 0 aliphatic heterocycles. The number of aliphatic carboxylic acids is 3. The number of benzene rings is 1. The number of aromatic nitrogens is 1. The third-order valence-electron chi connectivity index (χ3n) is 3.62. The summed E-state index contributed by atoms with van der Waals surface area (Å²) in [5.74, 6) is -5.02. The number of aliphatic hydroxyl groups is 1. The Morgan fingerprint density at radius 3 is 1.73 bits per heavy atom. The van der Waals surface area contributed by atoms with Gasteiger partial charge in [-0.1, -0.05) is 40.9 Å². The molecule has 0 fully saturated rings. The van der Waals surface area contributed by atoms with Gasteiger partial charge in [0, 0.05) is 30.0 Å². The van der Waals surface area contributed by atoms with Crippen LogP contribution in [0.1, 0.15) is 26.7 Å². The molecule has 182 valence electrons. The highest BCUT2D eigenvalue weighted by atomic mass is 35.5. The number of carboxylic acid groups (broad SMARTS) is 3. The van der Waals surface area contributed by atoms with E-state index >= 15 is 0 Å². The first-order valence-electron chi connectivity index (χ1n) is 9.40. The second-order valence-electron chi connectivity index (χ2n) is 6.22. The van der Waals surface area contributed by atoms with Crippen molar-refractivity contribution >= 4 is 52.7 Å². The first-order chi connectivity index (χ1) is 15.4. The number of ether oxygens (including phenoxy) is 1. The molecule has 0 aliphatic carbocycles. The van der Waals surface area contributed by atoms with Crippen LogP contribution in [0, 0.1) is 0 Å². The van der Waals surface area contributed by atoms with Crippen molar-refractivity contribution in [2.45, 2.75) is 32.3 Å². The molecular weight excluding hydrogens is 501 g/mol. The third kappa shape index (κ3) is 11.8. The first-order valence-corrected chi connectivity index (χ1v) is 10.5. The Labute approximate surface area is 205 Å². The van der Waals surface area contributed by atoms with E-state index in [-0.39, 0.29) is 0 Å². The summed E-state index contributed by atoms with van der Waals surface area (Å²) in [5.41, 5.74) is -1.29. The third-order valence-corrected chi connectivity index (χ3v) is 4.44. The van der Waals surface area contributed by atoms with Crippen molar-refractivity contribution in [2.24, 2.45) is 0 Å². The highest BCUT2D eigenvalue weighted by molar-refractivity contribution is 6.41. The summed E-state index contributed by atoms with van der Waals surface area (Å²) in [5, 5.41) is 35.3. The Hall–Kier alpha value is -2.43. The molecule has 1 heterocycles. The SMILES string of the molecule is CCOCC.Clc1cc(Cl)c(-c2ccccn2)c(Cl)c1.O=C(O)CC(O)(CC(=O)O)C(=O)O. The van der Waals surface area contributed by atoms with E-state index in [4.69, 9.17) is 60.0 Å². The minimum absolute atomic E-state index is 0.506. The topological polar surface area (TPSA) is 154 Å². The van der Waals surface area contributed by atoms with Gasteiger partial charge in [0.05, 0.1) is 28.6 Å². The van der Waals surface area contributed by atoms with E-state index < -0.39 is 36.4 Å². The van der Waals surface area contributed by atoms with Crippen molar-refractivity contribution in [1.29, 1.82) is 0 Å². The van der Waals surface area contributed by atoms with E-state index in [0.717, 1.165) is 18.9 Å². The van der Waals surface area contributed by atoms with E-state index in [9.17, 15) is 14.4 Å². The van der Waals surface area contributed by atoms with Crippen LogP contribution in [-0.2, 0) is 19.1 Å². The molecule has 0 saturated heterocycles. The van der Waals surface area contributed by atoms with Crippen LogP contribution < -0.4 is 0 Å². The summed E-state index contributed by atoms with van der Waals surface area (Å²) in [6.07, 6.45) is -0.597. The maximum Gasteiger partial charge on any atom is 0.336 e. The quantitative estimate of drug-likeness (QED) is 0.390. The van der Waals surface area contributed by atoms with E-state index in [1.807, 2.05) is 32.0 Å². The molecule has 1 aromatic heterocycles. The van der Waals surface area contributed by atoms with Gasteiger partial charge in [-0.15, -0.1) is 0 Å². The molecule has 2 aromatic rings. The van der Waals surface area contributed by atoms with E-state index in [1.54, 1.807) is 18.3 Å². The summed E-state index contributed by atoms with van der Waals surface area (Å²) in [7, 11) is 0. The molecular formula is C21H24Cl3NO8. The number of hydrogen-bond acceptors (Lipinski definition) is 6. The normalized spacial score (nSPS) is 10.2. The van der Waals surface area contributed by atoms with Crippen LogP contribution in [0.25, 0.3) is 11.3 Å². The molecule has 0 atom stereocenters. The molecule has 0 aliphatic rings. The van der Waals surface area contributed by atoms with Crippen LogP contribution >= 0.6 is 34.8 Å². The Kier molecular flexibility index (Phi) is 14.3. The fourth-order valence-electron chi connectivity index (χ4n) is 2.22. The Bertz CT molecular complexity index is 884. The van der Waals surface area contributed by atoms with E-state index in [1.165, 1.54) is 0 Å². The zero-order valence-electron chi connectivity index (χ0n) is 17.8. The van der Waals surface area contributed by atoms with Gasteiger partial charge in [-0.2, -0.15) is 0 Å². The molecule has 0 spiro atoms. The van der Waals surface area contributed by atoms with Gasteiger partial charge in [0.15, 0.2) is 5.60 Å². The van der Waals surface area contributed by atoms with Gasteiger partial charge in [-0.05, 0) is 38.1 Å². The molecule has 0 unspecified atom stereocenters. The van der Waals surface area contributed by atoms with Crippen molar-refractivity contribution in [3.63, 3.8) is 0 Å². The van der Waals surface area contributed by atoms with Gasteiger partial charge in [0.25, 0.3) is 0 Å². The molecule has 0 radical (unpaired) electrons.